The molecule has 0 aliphatic rings. The van der Waals surface area contributed by atoms with Crippen molar-refractivity contribution in [2.75, 3.05) is 0 Å². The summed E-state index contributed by atoms with van der Waals surface area (Å²) in [6.45, 7) is 28.0. The smallest absolute Gasteiger partial charge is 0.173 e. The van der Waals surface area contributed by atoms with Gasteiger partial charge in [0, 0.05) is 0 Å². The third kappa shape index (κ3) is 27.0. The Balaban J connectivity index is 0. The topological polar surface area (TPSA) is 36.9 Å². The van der Waals surface area contributed by atoms with Gasteiger partial charge in [-0.15, -0.1) is 13.2 Å². The second kappa shape index (κ2) is 17.6. The Morgan fingerprint density at radius 3 is 1.48 bits per heavy atom. The molecule has 0 spiro atoms. The highest BCUT2D eigenvalue weighted by molar-refractivity contribution is 6.77. The zero-order valence-corrected chi connectivity index (χ0v) is 30.7. The van der Waals surface area contributed by atoms with Crippen molar-refractivity contribution in [3.8, 4) is 0 Å². The molecule has 29 heavy (non-hydrogen) atoms. The molecule has 0 N–H and O–H groups in total. The molecule has 0 aromatic heterocycles. The van der Waals surface area contributed by atoms with E-state index in [9.17, 15) is 0 Å². The van der Waals surface area contributed by atoms with E-state index < -0.39 is 53.5 Å². The van der Waals surface area contributed by atoms with Crippen LogP contribution in [0.2, 0.25) is 83.1 Å². The third-order valence-corrected chi connectivity index (χ3v) is 25.8. The Bertz CT molecular complexity index is 428. The van der Waals surface area contributed by atoms with E-state index in [4.69, 9.17) is 16.5 Å². The van der Waals surface area contributed by atoms with Crippen LogP contribution in [0.25, 0.3) is 0 Å². The fourth-order valence-electron chi connectivity index (χ4n) is 2.41. The lowest BCUT2D eigenvalue weighted by molar-refractivity contribution is 0.581. The quantitative estimate of drug-likeness (QED) is 0.222. The lowest BCUT2D eigenvalue weighted by Crippen LogP contribution is -2.33. The Labute approximate surface area is 196 Å². The first kappa shape index (κ1) is 32.2. The molecule has 12 heteroatoms. The normalized spacial score (nSPS) is 14.1. The van der Waals surface area contributed by atoms with Gasteiger partial charge in [-0.05, 0) is 83.1 Å². The van der Waals surface area contributed by atoms with Crippen molar-refractivity contribution in [2.24, 2.45) is 0 Å². The van der Waals surface area contributed by atoms with Gasteiger partial charge in [0.15, 0.2) is 53.5 Å². The molecule has 0 unspecified atom stereocenters. The van der Waals surface area contributed by atoms with Crippen molar-refractivity contribution >= 4 is 73.0 Å². The summed E-state index contributed by atoms with van der Waals surface area (Å²) in [6.07, 6.45) is 0. The summed E-state index contributed by atoms with van der Waals surface area (Å²) >= 11 is 0. The SMILES string of the molecule is C=C[SiH2]O[Si](C)(C)CC[SiH2]O[SiH](C)C.C=C[SiH2]O[Si](C)(C)CC[SiH2]O[Si](C)(C)C. The zero-order chi connectivity index (χ0) is 23.0. The molecule has 0 heterocycles. The number of hydrogen-bond donors (Lipinski definition) is 0. The molecule has 0 rings (SSSR count). The van der Waals surface area contributed by atoms with E-state index in [1.54, 1.807) is 0 Å². The molecule has 0 amide bonds. The first-order valence-electron chi connectivity index (χ1n) is 11.0. The number of rotatable bonds is 16. The molecule has 0 saturated carbocycles. The van der Waals surface area contributed by atoms with Crippen LogP contribution in [0.3, 0.4) is 0 Å². The summed E-state index contributed by atoms with van der Waals surface area (Å²) in [5.74, 6) is 0. The van der Waals surface area contributed by atoms with Crippen molar-refractivity contribution < 1.29 is 16.5 Å². The average Bonchev–Trinajstić information content (AvgIpc) is 2.59. The van der Waals surface area contributed by atoms with Crippen molar-refractivity contribution in [2.45, 2.75) is 83.1 Å². The van der Waals surface area contributed by atoms with Gasteiger partial charge in [-0.25, -0.2) is 0 Å². The lowest BCUT2D eigenvalue weighted by atomic mass is 10.9. The maximum atomic E-state index is 5.96. The Morgan fingerprint density at radius 1 is 0.724 bits per heavy atom. The van der Waals surface area contributed by atoms with Crippen LogP contribution in [-0.2, 0) is 16.5 Å². The van der Waals surface area contributed by atoms with Gasteiger partial charge in [0.25, 0.3) is 0 Å². The molecule has 0 aliphatic carbocycles. The summed E-state index contributed by atoms with van der Waals surface area (Å²) in [5.41, 5.74) is 3.95. The Kier molecular flexibility index (Phi) is 19.6. The zero-order valence-electron chi connectivity index (χ0n) is 20.9. The van der Waals surface area contributed by atoms with Crippen molar-refractivity contribution in [3.05, 3.63) is 24.6 Å². The van der Waals surface area contributed by atoms with Gasteiger partial charge in [-0.2, -0.15) is 0 Å². The van der Waals surface area contributed by atoms with E-state index in [2.05, 4.69) is 72.1 Å². The van der Waals surface area contributed by atoms with Gasteiger partial charge in [-0.1, -0.05) is 11.4 Å². The van der Waals surface area contributed by atoms with Gasteiger partial charge in [0.05, 0.1) is 0 Å². The van der Waals surface area contributed by atoms with Gasteiger partial charge in [0.1, 0.15) is 19.5 Å². The molecule has 0 atom stereocenters. The summed E-state index contributed by atoms with van der Waals surface area (Å²) in [7, 11) is -6.08. The van der Waals surface area contributed by atoms with Gasteiger partial charge in [-0.3, -0.25) is 0 Å². The van der Waals surface area contributed by atoms with Crippen LogP contribution in [0.15, 0.2) is 24.6 Å². The van der Waals surface area contributed by atoms with E-state index in [0.717, 1.165) is 0 Å². The lowest BCUT2D eigenvalue weighted by Gasteiger charge is -2.23. The minimum Gasteiger partial charge on any atom is -0.463 e. The van der Waals surface area contributed by atoms with E-state index in [0.29, 0.717) is 0 Å². The van der Waals surface area contributed by atoms with Crippen molar-refractivity contribution in [3.63, 3.8) is 0 Å². The second-order valence-electron chi connectivity index (χ2n) is 9.81. The minimum absolute atomic E-state index is 0.233. The largest absolute Gasteiger partial charge is 0.463 e. The molecule has 4 nitrogen and oxygen atoms in total. The van der Waals surface area contributed by atoms with E-state index in [1.165, 1.54) is 24.2 Å². The van der Waals surface area contributed by atoms with Gasteiger partial charge in [0.2, 0.25) is 0 Å². The third-order valence-electron chi connectivity index (χ3n) is 4.02. The molecular weight excluding hydrogens is 493 g/mol. The fraction of sp³-hybridized carbons (Fsp3) is 0.765. The van der Waals surface area contributed by atoms with Crippen LogP contribution in [0, 0.1) is 0 Å². The maximum absolute atomic E-state index is 5.96. The summed E-state index contributed by atoms with van der Waals surface area (Å²) < 4.78 is 23.6. The molecular formula is C17H50O4Si8. The summed E-state index contributed by atoms with van der Waals surface area (Å²) in [5, 5.41) is 0. The van der Waals surface area contributed by atoms with E-state index in [-0.39, 0.29) is 19.5 Å². The van der Waals surface area contributed by atoms with Crippen LogP contribution in [-0.4, -0.2) is 73.0 Å². The van der Waals surface area contributed by atoms with Gasteiger partial charge >= 0.3 is 0 Å². The van der Waals surface area contributed by atoms with E-state index in [1.807, 2.05) is 11.4 Å². The highest BCUT2D eigenvalue weighted by atomic mass is 28.4. The molecule has 0 aromatic carbocycles. The maximum Gasteiger partial charge on any atom is 0.173 e. The highest BCUT2D eigenvalue weighted by Gasteiger charge is 2.22. The van der Waals surface area contributed by atoms with Crippen LogP contribution < -0.4 is 0 Å². The molecule has 0 fully saturated rings. The Morgan fingerprint density at radius 2 is 1.14 bits per heavy atom. The molecule has 0 aromatic rings. The standard InChI is InChI=1S/C9H26O2Si4.C8H24O2Si4/c1-7-12-11-15(5,6)9-8-13-10-14(2,3)4;1-6-11-10-14(4,5)8-7-12-9-13(2)3/h7H,1,8-9,12-13H2,2-6H3;6,13H,1,7-8,11-12H2,2-5H3. The first-order valence-corrected chi connectivity index (χ1v) is 29.4. The average molecular weight is 543 g/mol. The minimum atomic E-state index is -1.36. The second-order valence-corrected chi connectivity index (χ2v) is 33.0. The molecule has 0 aliphatic heterocycles. The monoisotopic (exact) mass is 542 g/mol. The van der Waals surface area contributed by atoms with E-state index >= 15 is 0 Å². The van der Waals surface area contributed by atoms with Crippen LogP contribution in [0.4, 0.5) is 0 Å². The summed E-state index contributed by atoms with van der Waals surface area (Å²) in [4.78, 5) is 0. The molecule has 174 valence electrons. The van der Waals surface area contributed by atoms with Crippen LogP contribution in [0.1, 0.15) is 0 Å². The summed E-state index contributed by atoms with van der Waals surface area (Å²) in [6, 6.07) is 5.14. The van der Waals surface area contributed by atoms with Crippen LogP contribution in [0.5, 0.6) is 0 Å². The fourth-order valence-corrected chi connectivity index (χ4v) is 21.7. The molecule has 0 saturated heterocycles. The van der Waals surface area contributed by atoms with Gasteiger partial charge < -0.3 is 16.5 Å². The van der Waals surface area contributed by atoms with Crippen molar-refractivity contribution in [1.82, 2.24) is 0 Å². The van der Waals surface area contributed by atoms with Crippen molar-refractivity contribution in [1.29, 1.82) is 0 Å². The highest BCUT2D eigenvalue weighted by Crippen LogP contribution is 2.14. The molecule has 0 bridgehead atoms. The number of hydrogen-bond acceptors (Lipinski definition) is 4. The van der Waals surface area contributed by atoms with Crippen LogP contribution >= 0.6 is 0 Å². The predicted molar refractivity (Wildman–Crippen MR) is 155 cm³/mol. The predicted octanol–water partition coefficient (Wildman–Crippen LogP) is 2.73. The molecule has 0 radical (unpaired) electrons. The Hall–Kier alpha value is 1.06. The first-order chi connectivity index (χ1) is 13.2.